The molecule has 0 aromatic carbocycles. The van der Waals surface area contributed by atoms with E-state index in [9.17, 15) is 4.79 Å². The molecule has 1 heterocycles. The van der Waals surface area contributed by atoms with Crippen LogP contribution in [0.1, 0.15) is 32.2 Å². The van der Waals surface area contributed by atoms with Crippen molar-refractivity contribution in [1.82, 2.24) is 10.2 Å². The summed E-state index contributed by atoms with van der Waals surface area (Å²) in [6.45, 7) is 6.11. The van der Waals surface area contributed by atoms with Gasteiger partial charge in [-0.1, -0.05) is 32.1 Å². The largest absolute Gasteiger partial charge is 0.320 e. The summed E-state index contributed by atoms with van der Waals surface area (Å²) in [7, 11) is 0. The van der Waals surface area contributed by atoms with Crippen LogP contribution in [-0.2, 0) is 11.2 Å². The number of carbonyl (C=O) groups excluding carboxylic acids is 1. The predicted octanol–water partition coefficient (Wildman–Crippen LogP) is 1.41. The molecule has 0 saturated carbocycles. The maximum absolute atomic E-state index is 11.5. The third-order valence-corrected chi connectivity index (χ3v) is 2.92. The summed E-state index contributed by atoms with van der Waals surface area (Å²) in [4.78, 5) is 11.5. The van der Waals surface area contributed by atoms with Gasteiger partial charge >= 0.3 is 0 Å². The number of carbonyl (C=O) groups is 1. The molecule has 1 rings (SSSR count). The van der Waals surface area contributed by atoms with Crippen molar-refractivity contribution in [2.75, 3.05) is 5.32 Å². The van der Waals surface area contributed by atoms with Crippen LogP contribution in [0.25, 0.3) is 0 Å². The number of nitrogens with one attached hydrogen (secondary N) is 1. The zero-order chi connectivity index (χ0) is 12.1. The molecule has 90 valence electrons. The van der Waals surface area contributed by atoms with Gasteiger partial charge in [-0.15, -0.1) is 10.2 Å². The molecular formula is C10H18N4OS. The fourth-order valence-corrected chi connectivity index (χ4v) is 2.07. The molecular weight excluding hydrogens is 224 g/mol. The highest BCUT2D eigenvalue weighted by Gasteiger charge is 2.13. The Bertz CT molecular complexity index is 350. The number of nitrogens with zero attached hydrogens (tertiary/aromatic N) is 2. The lowest BCUT2D eigenvalue weighted by molar-refractivity contribution is -0.117. The molecule has 1 aromatic heterocycles. The van der Waals surface area contributed by atoms with Crippen LogP contribution >= 0.6 is 11.3 Å². The van der Waals surface area contributed by atoms with Crippen LogP contribution in [0.3, 0.4) is 0 Å². The van der Waals surface area contributed by atoms with Crippen molar-refractivity contribution >= 4 is 22.4 Å². The number of rotatable bonds is 5. The van der Waals surface area contributed by atoms with Crippen molar-refractivity contribution < 1.29 is 4.79 Å². The van der Waals surface area contributed by atoms with Crippen LogP contribution in [0.2, 0.25) is 0 Å². The highest BCUT2D eigenvalue weighted by atomic mass is 32.1. The number of hydrogen-bond donors (Lipinski definition) is 2. The third-order valence-electron chi connectivity index (χ3n) is 2.06. The SMILES string of the molecule is CC[C@H](N)C(=O)Nc1nnc(CC(C)C)s1. The number of hydrogen-bond acceptors (Lipinski definition) is 5. The van der Waals surface area contributed by atoms with Gasteiger partial charge in [0.25, 0.3) is 0 Å². The minimum absolute atomic E-state index is 0.199. The normalized spacial score (nSPS) is 12.8. The molecule has 5 nitrogen and oxygen atoms in total. The first-order valence-corrected chi connectivity index (χ1v) is 6.23. The second kappa shape index (κ2) is 5.91. The van der Waals surface area contributed by atoms with Crippen LogP contribution in [-0.4, -0.2) is 22.1 Å². The topological polar surface area (TPSA) is 80.9 Å². The Morgan fingerprint density at radius 3 is 2.75 bits per heavy atom. The summed E-state index contributed by atoms with van der Waals surface area (Å²) < 4.78 is 0. The molecule has 1 aromatic rings. The average Bonchev–Trinajstić information content (AvgIpc) is 2.63. The molecule has 0 aliphatic heterocycles. The Morgan fingerprint density at radius 2 is 2.19 bits per heavy atom. The van der Waals surface area contributed by atoms with Gasteiger partial charge in [-0.25, -0.2) is 0 Å². The Hall–Kier alpha value is -1.01. The van der Waals surface area contributed by atoms with Gasteiger partial charge in [0.05, 0.1) is 6.04 Å². The Morgan fingerprint density at radius 1 is 1.50 bits per heavy atom. The summed E-state index contributed by atoms with van der Waals surface area (Å²) in [5.41, 5.74) is 5.60. The summed E-state index contributed by atoms with van der Waals surface area (Å²) in [5, 5.41) is 12.1. The Labute approximate surface area is 99.5 Å². The monoisotopic (exact) mass is 242 g/mol. The molecule has 6 heteroatoms. The van der Waals surface area contributed by atoms with E-state index in [4.69, 9.17) is 5.73 Å². The third kappa shape index (κ3) is 3.86. The Balaban J connectivity index is 2.55. The summed E-state index contributed by atoms with van der Waals surface area (Å²) >= 11 is 1.41. The van der Waals surface area contributed by atoms with Crippen molar-refractivity contribution in [3.8, 4) is 0 Å². The molecule has 3 N–H and O–H groups in total. The number of aromatic nitrogens is 2. The van der Waals surface area contributed by atoms with Crippen LogP contribution in [0.5, 0.6) is 0 Å². The van der Waals surface area contributed by atoms with Crippen LogP contribution in [0, 0.1) is 5.92 Å². The van der Waals surface area contributed by atoms with Crippen molar-refractivity contribution in [2.45, 2.75) is 39.7 Å². The molecule has 1 amide bonds. The quantitative estimate of drug-likeness (QED) is 0.818. The van der Waals surface area contributed by atoms with E-state index >= 15 is 0 Å². The molecule has 0 spiro atoms. The second-order valence-corrected chi connectivity index (χ2v) is 5.16. The van der Waals surface area contributed by atoms with E-state index in [1.54, 1.807) is 0 Å². The van der Waals surface area contributed by atoms with Gasteiger partial charge in [-0.05, 0) is 12.3 Å². The fourth-order valence-electron chi connectivity index (χ4n) is 1.12. The van der Waals surface area contributed by atoms with E-state index < -0.39 is 6.04 Å². The van der Waals surface area contributed by atoms with Crippen molar-refractivity contribution in [3.05, 3.63) is 5.01 Å². The van der Waals surface area contributed by atoms with Crippen molar-refractivity contribution in [2.24, 2.45) is 11.7 Å². The van der Waals surface area contributed by atoms with E-state index in [2.05, 4.69) is 29.4 Å². The minimum atomic E-state index is -0.475. The van der Waals surface area contributed by atoms with E-state index in [1.807, 2.05) is 6.92 Å². The van der Waals surface area contributed by atoms with E-state index in [0.717, 1.165) is 11.4 Å². The summed E-state index contributed by atoms with van der Waals surface area (Å²) in [5.74, 6) is 0.337. The maximum Gasteiger partial charge on any atom is 0.243 e. The number of amides is 1. The zero-order valence-corrected chi connectivity index (χ0v) is 10.7. The van der Waals surface area contributed by atoms with Gasteiger partial charge in [0.1, 0.15) is 5.01 Å². The molecule has 0 fully saturated rings. The summed E-state index contributed by atoms with van der Waals surface area (Å²) in [6.07, 6.45) is 1.50. The highest BCUT2D eigenvalue weighted by Crippen LogP contribution is 2.18. The van der Waals surface area contributed by atoms with Crippen molar-refractivity contribution in [3.63, 3.8) is 0 Å². The van der Waals surface area contributed by atoms with Gasteiger partial charge in [0, 0.05) is 6.42 Å². The highest BCUT2D eigenvalue weighted by molar-refractivity contribution is 7.15. The molecule has 0 saturated heterocycles. The number of anilines is 1. The van der Waals surface area contributed by atoms with E-state index in [-0.39, 0.29) is 5.91 Å². The molecule has 0 radical (unpaired) electrons. The molecule has 0 aliphatic carbocycles. The van der Waals surface area contributed by atoms with Crippen LogP contribution in [0.15, 0.2) is 0 Å². The molecule has 0 bridgehead atoms. The maximum atomic E-state index is 11.5. The van der Waals surface area contributed by atoms with E-state index in [0.29, 0.717) is 17.5 Å². The molecule has 16 heavy (non-hydrogen) atoms. The lowest BCUT2D eigenvalue weighted by Gasteiger charge is -2.06. The Kier molecular flexibility index (Phi) is 4.82. The van der Waals surface area contributed by atoms with Crippen LogP contribution < -0.4 is 11.1 Å². The molecule has 0 unspecified atom stereocenters. The first-order valence-electron chi connectivity index (χ1n) is 5.41. The fraction of sp³-hybridized carbons (Fsp3) is 0.700. The van der Waals surface area contributed by atoms with Crippen molar-refractivity contribution in [1.29, 1.82) is 0 Å². The second-order valence-electron chi connectivity index (χ2n) is 4.10. The molecule has 0 aliphatic rings. The van der Waals surface area contributed by atoms with Gasteiger partial charge in [0.15, 0.2) is 0 Å². The standard InChI is InChI=1S/C10H18N4OS/c1-4-7(11)9(15)12-10-14-13-8(16-10)5-6(2)3/h6-7H,4-5,11H2,1-3H3,(H,12,14,15)/t7-/m0/s1. The lowest BCUT2D eigenvalue weighted by atomic mass is 10.1. The predicted molar refractivity (Wildman–Crippen MR) is 65.3 cm³/mol. The smallest absolute Gasteiger partial charge is 0.243 e. The minimum Gasteiger partial charge on any atom is -0.320 e. The van der Waals surface area contributed by atoms with Gasteiger partial charge < -0.3 is 5.73 Å². The van der Waals surface area contributed by atoms with Gasteiger partial charge in [0.2, 0.25) is 11.0 Å². The zero-order valence-electron chi connectivity index (χ0n) is 9.86. The first-order chi connectivity index (χ1) is 7.52. The average molecular weight is 242 g/mol. The lowest BCUT2D eigenvalue weighted by Crippen LogP contribution is -2.34. The van der Waals surface area contributed by atoms with E-state index in [1.165, 1.54) is 11.3 Å². The summed E-state index contributed by atoms with van der Waals surface area (Å²) in [6, 6.07) is -0.475. The van der Waals surface area contributed by atoms with Gasteiger partial charge in [-0.3, -0.25) is 10.1 Å². The van der Waals surface area contributed by atoms with Gasteiger partial charge in [-0.2, -0.15) is 0 Å². The first kappa shape index (κ1) is 13.1. The number of nitrogens with two attached hydrogens (primary N) is 1. The van der Waals surface area contributed by atoms with Crippen LogP contribution in [0.4, 0.5) is 5.13 Å². The molecule has 1 atom stereocenters.